The van der Waals surface area contributed by atoms with Gasteiger partial charge < -0.3 is 4.74 Å². The summed E-state index contributed by atoms with van der Waals surface area (Å²) >= 11 is 0. The van der Waals surface area contributed by atoms with Crippen LogP contribution < -0.4 is 4.74 Å². The van der Waals surface area contributed by atoms with Gasteiger partial charge in [-0.3, -0.25) is 0 Å². The highest BCUT2D eigenvalue weighted by molar-refractivity contribution is 5.84. The minimum Gasteiger partial charge on any atom is -0.457 e. The number of fused-ring (bicyclic) bond motifs is 5. The van der Waals surface area contributed by atoms with E-state index < -0.39 is 5.41 Å². The predicted octanol–water partition coefficient (Wildman–Crippen LogP) is 10.1. The molecule has 1 heterocycles. The van der Waals surface area contributed by atoms with Gasteiger partial charge >= 0.3 is 0 Å². The Bertz CT molecular complexity index is 1890. The van der Waals surface area contributed by atoms with E-state index in [2.05, 4.69) is 159 Å². The van der Waals surface area contributed by atoms with Crippen molar-refractivity contribution < 1.29 is 4.74 Å². The van der Waals surface area contributed by atoms with E-state index in [9.17, 15) is 0 Å². The molecule has 1 nitrogen and oxygen atoms in total. The third kappa shape index (κ3) is 3.36. The number of rotatable bonds is 3. The third-order valence-corrected chi connectivity index (χ3v) is 9.22. The van der Waals surface area contributed by atoms with Gasteiger partial charge in [-0.05, 0) is 68.8 Å². The van der Waals surface area contributed by atoms with E-state index in [4.69, 9.17) is 4.74 Å². The van der Waals surface area contributed by atoms with Crippen molar-refractivity contribution >= 4 is 0 Å². The van der Waals surface area contributed by atoms with Crippen molar-refractivity contribution in [1.82, 2.24) is 0 Å². The van der Waals surface area contributed by atoms with Gasteiger partial charge in [-0.1, -0.05) is 135 Å². The fourth-order valence-corrected chi connectivity index (χ4v) is 7.27. The van der Waals surface area contributed by atoms with Gasteiger partial charge in [0.1, 0.15) is 11.5 Å². The summed E-state index contributed by atoms with van der Waals surface area (Å²) in [6.07, 6.45) is 0. The first-order valence-electron chi connectivity index (χ1n) is 14.4. The average molecular weight is 527 g/mol. The summed E-state index contributed by atoms with van der Waals surface area (Å²) in [5.41, 5.74) is 12.1. The molecule has 0 radical (unpaired) electrons. The molecular weight excluding hydrogens is 496 g/mol. The van der Waals surface area contributed by atoms with Gasteiger partial charge in [-0.2, -0.15) is 0 Å². The van der Waals surface area contributed by atoms with Crippen molar-refractivity contribution in [3.63, 3.8) is 0 Å². The molecule has 8 rings (SSSR count). The molecule has 0 aromatic heterocycles. The molecular formula is C40H30O. The molecule has 0 unspecified atom stereocenters. The van der Waals surface area contributed by atoms with E-state index in [1.54, 1.807) is 0 Å². The lowest BCUT2D eigenvalue weighted by Crippen LogP contribution is -2.34. The number of ether oxygens (including phenoxy) is 1. The van der Waals surface area contributed by atoms with Crippen LogP contribution in [0.25, 0.3) is 22.3 Å². The normalized spacial score (nSPS) is 15.2. The predicted molar refractivity (Wildman–Crippen MR) is 168 cm³/mol. The molecule has 0 amide bonds. The van der Waals surface area contributed by atoms with Crippen LogP contribution in [0.4, 0.5) is 0 Å². The summed E-state index contributed by atoms with van der Waals surface area (Å²) in [5, 5.41) is 0. The van der Waals surface area contributed by atoms with Crippen LogP contribution in [0.1, 0.15) is 47.2 Å². The number of para-hydroxylation sites is 1. The Balaban J connectivity index is 1.38. The highest BCUT2D eigenvalue weighted by Crippen LogP contribution is 2.56. The molecule has 0 N–H and O–H groups in total. The minimum absolute atomic E-state index is 0.0456. The first-order valence-corrected chi connectivity index (χ1v) is 14.4. The highest BCUT2D eigenvalue weighted by atomic mass is 16.5. The first-order chi connectivity index (χ1) is 20.1. The zero-order valence-electron chi connectivity index (χ0n) is 23.3. The molecule has 0 bridgehead atoms. The molecule has 0 saturated heterocycles. The molecule has 0 saturated carbocycles. The van der Waals surface area contributed by atoms with Crippen LogP contribution in [0.2, 0.25) is 0 Å². The fraction of sp³-hybridized carbons (Fsp3) is 0.100. The van der Waals surface area contributed by atoms with Crippen LogP contribution >= 0.6 is 0 Å². The molecule has 0 fully saturated rings. The molecule has 1 aliphatic carbocycles. The van der Waals surface area contributed by atoms with E-state index in [1.807, 2.05) is 0 Å². The lowest BCUT2D eigenvalue weighted by Gasteiger charge is -2.41. The summed E-state index contributed by atoms with van der Waals surface area (Å²) in [5.74, 6) is 1.80. The molecule has 1 aliphatic heterocycles. The standard InChI is InChI=1S/C40H30O/c1-39(2)33-18-10-9-17-31(33)32-23-21-27(25-35(32)39)28-22-24-38-36(26-28)40(29-13-5-3-6-14-29,30-15-7-4-8-16-30)34-19-11-12-20-37(34)41-38/h3-26H,1-2H3. The zero-order chi connectivity index (χ0) is 27.6. The van der Waals surface area contributed by atoms with E-state index in [-0.39, 0.29) is 5.41 Å². The topological polar surface area (TPSA) is 9.23 Å². The Morgan fingerprint density at radius 1 is 0.415 bits per heavy atom. The van der Waals surface area contributed by atoms with Crippen LogP contribution in [0.3, 0.4) is 0 Å². The Morgan fingerprint density at radius 2 is 0.927 bits per heavy atom. The van der Waals surface area contributed by atoms with Crippen LogP contribution in [-0.2, 0) is 10.8 Å². The third-order valence-electron chi connectivity index (χ3n) is 9.22. The van der Waals surface area contributed by atoms with E-state index in [0.717, 1.165) is 22.6 Å². The van der Waals surface area contributed by atoms with Crippen molar-refractivity contribution in [3.05, 3.63) is 179 Å². The lowest BCUT2D eigenvalue weighted by molar-refractivity contribution is 0.434. The zero-order valence-corrected chi connectivity index (χ0v) is 23.3. The monoisotopic (exact) mass is 526 g/mol. The summed E-state index contributed by atoms with van der Waals surface area (Å²) in [6, 6.07) is 52.8. The van der Waals surface area contributed by atoms with Crippen molar-refractivity contribution in [1.29, 1.82) is 0 Å². The Labute approximate surface area is 241 Å². The van der Waals surface area contributed by atoms with Crippen LogP contribution in [0.15, 0.2) is 146 Å². The fourth-order valence-electron chi connectivity index (χ4n) is 7.27. The van der Waals surface area contributed by atoms with Crippen molar-refractivity contribution in [3.8, 4) is 33.8 Å². The lowest BCUT2D eigenvalue weighted by atomic mass is 9.63. The quantitative estimate of drug-likeness (QED) is 0.223. The molecule has 6 aromatic carbocycles. The van der Waals surface area contributed by atoms with Gasteiger partial charge in [0.2, 0.25) is 0 Å². The maximum Gasteiger partial charge on any atom is 0.132 e. The highest BCUT2D eigenvalue weighted by Gasteiger charge is 2.45. The second-order valence-electron chi connectivity index (χ2n) is 11.7. The molecule has 1 heteroatoms. The van der Waals surface area contributed by atoms with Gasteiger partial charge in [0.05, 0.1) is 5.41 Å². The summed E-state index contributed by atoms with van der Waals surface area (Å²) in [6.45, 7) is 4.68. The maximum absolute atomic E-state index is 6.62. The van der Waals surface area contributed by atoms with Crippen molar-refractivity contribution in [2.24, 2.45) is 0 Å². The van der Waals surface area contributed by atoms with E-state index in [0.29, 0.717) is 0 Å². The van der Waals surface area contributed by atoms with Crippen LogP contribution in [0, 0.1) is 0 Å². The van der Waals surface area contributed by atoms with Gasteiger partial charge in [-0.15, -0.1) is 0 Å². The number of hydrogen-bond donors (Lipinski definition) is 0. The second-order valence-corrected chi connectivity index (χ2v) is 11.7. The average Bonchev–Trinajstić information content (AvgIpc) is 3.26. The SMILES string of the molecule is CC1(C)c2ccccc2-c2ccc(-c3ccc4c(c3)C(c3ccccc3)(c3ccccc3)c3ccccc3O4)cc21. The molecule has 196 valence electrons. The van der Waals surface area contributed by atoms with Crippen molar-refractivity contribution in [2.75, 3.05) is 0 Å². The summed E-state index contributed by atoms with van der Waals surface area (Å²) in [7, 11) is 0. The molecule has 0 spiro atoms. The Kier molecular flexibility index (Phi) is 5.15. The first kappa shape index (κ1) is 24.0. The van der Waals surface area contributed by atoms with E-state index in [1.165, 1.54) is 44.5 Å². The van der Waals surface area contributed by atoms with Gasteiger partial charge in [0, 0.05) is 16.5 Å². The number of benzene rings is 6. The summed E-state index contributed by atoms with van der Waals surface area (Å²) < 4.78 is 6.62. The van der Waals surface area contributed by atoms with Crippen LogP contribution in [-0.4, -0.2) is 0 Å². The molecule has 6 aromatic rings. The number of hydrogen-bond acceptors (Lipinski definition) is 1. The van der Waals surface area contributed by atoms with E-state index >= 15 is 0 Å². The smallest absolute Gasteiger partial charge is 0.132 e. The molecule has 41 heavy (non-hydrogen) atoms. The molecule has 2 aliphatic rings. The van der Waals surface area contributed by atoms with Gasteiger partial charge in [0.25, 0.3) is 0 Å². The summed E-state index contributed by atoms with van der Waals surface area (Å²) in [4.78, 5) is 0. The van der Waals surface area contributed by atoms with Crippen molar-refractivity contribution in [2.45, 2.75) is 24.7 Å². The van der Waals surface area contributed by atoms with Gasteiger partial charge in [0.15, 0.2) is 0 Å². The Morgan fingerprint density at radius 3 is 1.63 bits per heavy atom. The maximum atomic E-state index is 6.62. The Hall–Kier alpha value is -4.88. The second kappa shape index (κ2) is 8.81. The largest absolute Gasteiger partial charge is 0.457 e. The van der Waals surface area contributed by atoms with Crippen LogP contribution in [0.5, 0.6) is 11.5 Å². The minimum atomic E-state index is -0.519. The van der Waals surface area contributed by atoms with Gasteiger partial charge in [-0.25, -0.2) is 0 Å². The molecule has 0 atom stereocenters.